The molecule has 0 aliphatic heterocycles. The molecule has 142 valence electrons. The van der Waals surface area contributed by atoms with E-state index in [1.165, 1.54) is 6.07 Å². The number of guanidine groups is 1. The van der Waals surface area contributed by atoms with Crippen molar-refractivity contribution in [2.24, 2.45) is 4.99 Å². The lowest BCUT2D eigenvalue weighted by Crippen LogP contribution is -2.41. The number of nitrogens with zero attached hydrogens (tertiary/aromatic N) is 2. The molecule has 0 amide bonds. The highest BCUT2D eigenvalue weighted by Crippen LogP contribution is 2.16. The Morgan fingerprint density at radius 3 is 2.72 bits per heavy atom. The van der Waals surface area contributed by atoms with Crippen LogP contribution in [0.1, 0.15) is 13.8 Å². The number of hydrogen-bond acceptors (Lipinski definition) is 4. The van der Waals surface area contributed by atoms with E-state index >= 15 is 0 Å². The number of rotatable bonds is 11. The molecule has 7 heteroatoms. The average molecular weight is 354 g/mol. The summed E-state index contributed by atoms with van der Waals surface area (Å²) in [5.74, 6) is 0.622. The molecule has 0 saturated heterocycles. The van der Waals surface area contributed by atoms with E-state index in [4.69, 9.17) is 9.47 Å². The van der Waals surface area contributed by atoms with Gasteiger partial charge >= 0.3 is 0 Å². The lowest BCUT2D eigenvalue weighted by molar-refractivity contribution is 0.162. The fourth-order valence-electron chi connectivity index (χ4n) is 2.08. The van der Waals surface area contributed by atoms with Crippen molar-refractivity contribution in [1.29, 1.82) is 0 Å². The van der Waals surface area contributed by atoms with Crippen LogP contribution in [0, 0.1) is 5.82 Å². The molecular weight excluding hydrogens is 323 g/mol. The normalized spacial score (nSPS) is 13.0. The number of halogens is 1. The van der Waals surface area contributed by atoms with Gasteiger partial charge in [-0.25, -0.2) is 9.38 Å². The van der Waals surface area contributed by atoms with Gasteiger partial charge in [0.15, 0.2) is 17.5 Å². The van der Waals surface area contributed by atoms with Crippen molar-refractivity contribution < 1.29 is 13.9 Å². The molecule has 0 aliphatic carbocycles. The summed E-state index contributed by atoms with van der Waals surface area (Å²) in [7, 11) is 3.75. The lowest BCUT2D eigenvalue weighted by atomic mass is 10.3. The summed E-state index contributed by atoms with van der Waals surface area (Å²) in [6.07, 6.45) is -0.225. The number of ether oxygens (including phenoxy) is 2. The molecule has 1 atom stereocenters. The predicted molar refractivity (Wildman–Crippen MR) is 99.8 cm³/mol. The van der Waals surface area contributed by atoms with Gasteiger partial charge in [0.05, 0.1) is 13.2 Å². The Hall–Kier alpha value is -1.86. The van der Waals surface area contributed by atoms with E-state index in [2.05, 4.69) is 27.6 Å². The molecule has 6 nitrogen and oxygen atoms in total. The summed E-state index contributed by atoms with van der Waals surface area (Å²) in [5, 5.41) is 6.48. The van der Waals surface area contributed by atoms with Crippen LogP contribution >= 0.6 is 0 Å². The maximum Gasteiger partial charge on any atom is 0.191 e. The van der Waals surface area contributed by atoms with Gasteiger partial charge in [-0.05, 0) is 33.0 Å². The van der Waals surface area contributed by atoms with Crippen LogP contribution in [-0.4, -0.2) is 70.5 Å². The van der Waals surface area contributed by atoms with Crippen molar-refractivity contribution in [2.75, 3.05) is 53.5 Å². The Morgan fingerprint density at radius 1 is 1.28 bits per heavy atom. The molecule has 0 spiro atoms. The maximum absolute atomic E-state index is 13.6. The number of para-hydroxylation sites is 1. The maximum atomic E-state index is 13.6. The second-order valence-corrected chi connectivity index (χ2v) is 5.80. The van der Waals surface area contributed by atoms with Crippen LogP contribution in [0.4, 0.5) is 4.39 Å². The van der Waals surface area contributed by atoms with Crippen molar-refractivity contribution in [3.8, 4) is 5.75 Å². The number of likely N-dealkylation sites (N-methyl/N-ethyl adjacent to an activating group) is 1. The van der Waals surface area contributed by atoms with Gasteiger partial charge in [0.2, 0.25) is 0 Å². The number of hydrogen-bond donors (Lipinski definition) is 2. The third-order valence-corrected chi connectivity index (χ3v) is 3.48. The Labute approximate surface area is 150 Å². The first-order valence-electron chi connectivity index (χ1n) is 8.67. The zero-order chi connectivity index (χ0) is 18.5. The molecule has 0 fully saturated rings. The number of nitrogens with one attached hydrogen (secondary N) is 2. The smallest absolute Gasteiger partial charge is 0.191 e. The zero-order valence-corrected chi connectivity index (χ0v) is 15.7. The molecule has 2 N–H and O–H groups in total. The molecule has 0 radical (unpaired) electrons. The Bertz CT molecular complexity index is 514. The van der Waals surface area contributed by atoms with Crippen molar-refractivity contribution >= 4 is 5.96 Å². The minimum atomic E-state index is -0.359. The van der Waals surface area contributed by atoms with Gasteiger partial charge in [0, 0.05) is 33.3 Å². The van der Waals surface area contributed by atoms with Gasteiger partial charge in [0.25, 0.3) is 0 Å². The fourth-order valence-corrected chi connectivity index (χ4v) is 2.08. The standard InChI is InChI=1S/C18H31FN4O2/c1-5-20-18(21-10-11-23(3)12-13-24-4)22-14-15(2)25-17-9-7-6-8-16(17)19/h6-9,15H,5,10-14H2,1-4H3,(H2,20,21,22). The van der Waals surface area contributed by atoms with Gasteiger partial charge in [-0.2, -0.15) is 0 Å². The first-order chi connectivity index (χ1) is 12.1. The second kappa shape index (κ2) is 12.5. The van der Waals surface area contributed by atoms with Crippen LogP contribution in [0.5, 0.6) is 5.75 Å². The highest BCUT2D eigenvalue weighted by molar-refractivity contribution is 5.79. The lowest BCUT2D eigenvalue weighted by Gasteiger charge is -2.18. The molecule has 1 unspecified atom stereocenters. The molecule has 25 heavy (non-hydrogen) atoms. The van der Waals surface area contributed by atoms with Crippen LogP contribution in [0.3, 0.4) is 0 Å². The molecule has 0 saturated carbocycles. The van der Waals surface area contributed by atoms with Crippen molar-refractivity contribution in [2.45, 2.75) is 20.0 Å². The first-order valence-corrected chi connectivity index (χ1v) is 8.67. The highest BCUT2D eigenvalue weighted by atomic mass is 19.1. The molecule has 0 bridgehead atoms. The molecular formula is C18H31FN4O2. The van der Waals surface area contributed by atoms with Gasteiger partial charge in [-0.3, -0.25) is 0 Å². The van der Waals surface area contributed by atoms with Gasteiger partial charge in [-0.1, -0.05) is 12.1 Å². The number of benzene rings is 1. The van der Waals surface area contributed by atoms with E-state index in [9.17, 15) is 4.39 Å². The molecule has 0 heterocycles. The van der Waals surface area contributed by atoms with Crippen LogP contribution in [-0.2, 0) is 4.74 Å². The van der Waals surface area contributed by atoms with Crippen molar-refractivity contribution in [3.05, 3.63) is 30.1 Å². The Balaban J connectivity index is 2.42. The fraction of sp³-hybridized carbons (Fsp3) is 0.611. The van der Waals surface area contributed by atoms with E-state index in [0.29, 0.717) is 6.54 Å². The van der Waals surface area contributed by atoms with Gasteiger partial charge < -0.3 is 25.0 Å². The van der Waals surface area contributed by atoms with Crippen molar-refractivity contribution in [3.63, 3.8) is 0 Å². The molecule has 0 aromatic heterocycles. The predicted octanol–water partition coefficient (Wildman–Crippen LogP) is 1.73. The Morgan fingerprint density at radius 2 is 2.04 bits per heavy atom. The summed E-state index contributed by atoms with van der Waals surface area (Å²) in [4.78, 5) is 6.69. The van der Waals surface area contributed by atoms with Crippen LogP contribution in [0.25, 0.3) is 0 Å². The molecule has 1 rings (SSSR count). The summed E-state index contributed by atoms with van der Waals surface area (Å²) >= 11 is 0. The van der Waals surface area contributed by atoms with E-state index in [0.717, 1.165) is 38.7 Å². The molecule has 0 aliphatic rings. The third-order valence-electron chi connectivity index (χ3n) is 3.48. The summed E-state index contributed by atoms with van der Waals surface area (Å²) < 4.78 is 24.3. The average Bonchev–Trinajstić information content (AvgIpc) is 2.60. The number of aliphatic imine (C=N–C) groups is 1. The quantitative estimate of drug-likeness (QED) is 0.468. The van der Waals surface area contributed by atoms with Crippen LogP contribution in [0.2, 0.25) is 0 Å². The minimum absolute atomic E-state index is 0.225. The SMILES string of the molecule is CCNC(=NCC(C)Oc1ccccc1F)NCCN(C)CCOC. The topological polar surface area (TPSA) is 58.1 Å². The van der Waals surface area contributed by atoms with Crippen LogP contribution in [0.15, 0.2) is 29.3 Å². The second-order valence-electron chi connectivity index (χ2n) is 5.80. The van der Waals surface area contributed by atoms with E-state index in [-0.39, 0.29) is 17.7 Å². The molecule has 1 aromatic carbocycles. The van der Waals surface area contributed by atoms with Gasteiger partial charge in [0.1, 0.15) is 6.10 Å². The summed E-state index contributed by atoms with van der Waals surface area (Å²) in [6.45, 7) is 8.36. The monoisotopic (exact) mass is 354 g/mol. The Kier molecular flexibility index (Phi) is 10.6. The zero-order valence-electron chi connectivity index (χ0n) is 15.7. The van der Waals surface area contributed by atoms with Crippen molar-refractivity contribution in [1.82, 2.24) is 15.5 Å². The van der Waals surface area contributed by atoms with Gasteiger partial charge in [-0.15, -0.1) is 0 Å². The highest BCUT2D eigenvalue weighted by Gasteiger charge is 2.08. The van der Waals surface area contributed by atoms with E-state index < -0.39 is 0 Å². The molecule has 1 aromatic rings. The minimum Gasteiger partial charge on any atom is -0.486 e. The van der Waals surface area contributed by atoms with Crippen LogP contribution < -0.4 is 15.4 Å². The summed E-state index contributed by atoms with van der Waals surface area (Å²) in [5.41, 5.74) is 0. The number of methoxy groups -OCH3 is 1. The third kappa shape index (κ3) is 9.26. The van der Waals surface area contributed by atoms with E-state index in [1.807, 2.05) is 13.8 Å². The largest absolute Gasteiger partial charge is 0.486 e. The first kappa shape index (κ1) is 21.2. The van der Waals surface area contributed by atoms with E-state index in [1.54, 1.807) is 25.3 Å². The summed E-state index contributed by atoms with van der Waals surface area (Å²) in [6, 6.07) is 6.40.